The molecule has 3 heterocycles. The highest BCUT2D eigenvalue weighted by atomic mass is 19.1. The van der Waals surface area contributed by atoms with Gasteiger partial charge in [-0.15, -0.1) is 0 Å². The van der Waals surface area contributed by atoms with E-state index >= 15 is 0 Å². The highest BCUT2D eigenvalue weighted by Crippen LogP contribution is 2.39. The molecular weight excluding hydrogens is 507 g/mol. The van der Waals surface area contributed by atoms with Gasteiger partial charge in [-0.2, -0.15) is 4.98 Å². The molecule has 1 aliphatic heterocycles. The van der Waals surface area contributed by atoms with Gasteiger partial charge in [-0.05, 0) is 56.6 Å². The SMILES string of the molecule is O=C(NCC(O)CO)c1ccc(OCCCC2CCN(c3ncc(-c4noc(C5CC5)n4)cn3)CC2)cc1F. The number of halogens is 1. The molecule has 1 atom stereocenters. The molecule has 0 spiro atoms. The van der Waals surface area contributed by atoms with Crippen LogP contribution >= 0.6 is 0 Å². The molecule has 1 saturated carbocycles. The second-order valence-corrected chi connectivity index (χ2v) is 10.1. The first-order valence-electron chi connectivity index (χ1n) is 13.4. The van der Waals surface area contributed by atoms with Gasteiger partial charge in [-0.3, -0.25) is 4.79 Å². The fraction of sp³-hybridized carbons (Fsp3) is 0.519. The predicted octanol–water partition coefficient (Wildman–Crippen LogP) is 2.70. The largest absolute Gasteiger partial charge is 0.493 e. The van der Waals surface area contributed by atoms with Crippen LogP contribution in [0.5, 0.6) is 5.75 Å². The summed E-state index contributed by atoms with van der Waals surface area (Å²) < 4.78 is 25.4. The second kappa shape index (κ2) is 12.5. The topological polar surface area (TPSA) is 147 Å². The normalized spacial score (nSPS) is 16.7. The van der Waals surface area contributed by atoms with Gasteiger partial charge in [0.15, 0.2) is 0 Å². The maximum absolute atomic E-state index is 14.3. The molecule has 208 valence electrons. The van der Waals surface area contributed by atoms with Crippen LogP contribution in [-0.4, -0.2) is 75.2 Å². The molecule has 1 aliphatic carbocycles. The molecule has 5 rings (SSSR count). The summed E-state index contributed by atoms with van der Waals surface area (Å²) in [7, 11) is 0. The molecule has 39 heavy (non-hydrogen) atoms. The van der Waals surface area contributed by atoms with Crippen molar-refractivity contribution in [2.75, 3.05) is 37.7 Å². The van der Waals surface area contributed by atoms with E-state index in [0.29, 0.717) is 41.9 Å². The van der Waals surface area contributed by atoms with E-state index in [0.717, 1.165) is 57.2 Å². The number of hydrogen-bond donors (Lipinski definition) is 3. The summed E-state index contributed by atoms with van der Waals surface area (Å²) in [5.74, 6) is 1.91. The molecule has 2 aromatic heterocycles. The standard InChI is InChI=1S/C27H33FN6O5/c28-23-12-21(5-6-22(23)25(37)29-15-20(36)16-35)38-11-1-2-17-7-9-34(10-8-17)27-30-13-19(14-31-27)24-32-26(39-33-24)18-3-4-18/h5-6,12-14,17-18,20,35-36H,1-4,7-11,15-16H2,(H,29,37). The number of aliphatic hydroxyl groups excluding tert-OH is 2. The lowest BCUT2D eigenvalue weighted by molar-refractivity contribution is 0.0799. The molecule has 3 aromatic rings. The highest BCUT2D eigenvalue weighted by Gasteiger charge is 2.30. The van der Waals surface area contributed by atoms with Gasteiger partial charge >= 0.3 is 0 Å². The number of aliphatic hydroxyl groups is 2. The van der Waals surface area contributed by atoms with Crippen molar-refractivity contribution in [3.63, 3.8) is 0 Å². The summed E-state index contributed by atoms with van der Waals surface area (Å²) in [4.78, 5) is 27.7. The van der Waals surface area contributed by atoms with Crippen LogP contribution in [0.3, 0.4) is 0 Å². The zero-order valence-corrected chi connectivity index (χ0v) is 21.6. The number of anilines is 1. The number of aromatic nitrogens is 4. The van der Waals surface area contributed by atoms with E-state index in [9.17, 15) is 14.3 Å². The smallest absolute Gasteiger partial charge is 0.254 e. The molecule has 12 heteroatoms. The van der Waals surface area contributed by atoms with Gasteiger partial charge in [0.1, 0.15) is 11.6 Å². The number of benzene rings is 1. The third kappa shape index (κ3) is 7.07. The Balaban J connectivity index is 1.01. The Kier molecular flexibility index (Phi) is 8.62. The van der Waals surface area contributed by atoms with E-state index in [4.69, 9.17) is 14.4 Å². The lowest BCUT2D eigenvalue weighted by Crippen LogP contribution is -2.34. The lowest BCUT2D eigenvalue weighted by Gasteiger charge is -2.32. The Morgan fingerprint density at radius 3 is 2.67 bits per heavy atom. The van der Waals surface area contributed by atoms with Crippen molar-refractivity contribution in [1.82, 2.24) is 25.4 Å². The first-order valence-corrected chi connectivity index (χ1v) is 13.4. The molecule has 0 radical (unpaired) electrons. The van der Waals surface area contributed by atoms with Crippen molar-refractivity contribution in [2.24, 2.45) is 5.92 Å². The van der Waals surface area contributed by atoms with Gasteiger partial charge in [0, 0.05) is 44.0 Å². The minimum atomic E-state index is -1.09. The van der Waals surface area contributed by atoms with Crippen LogP contribution in [0.25, 0.3) is 11.4 Å². The number of piperidine rings is 1. The Labute approximate surface area is 225 Å². The van der Waals surface area contributed by atoms with Crippen molar-refractivity contribution in [3.8, 4) is 17.1 Å². The van der Waals surface area contributed by atoms with E-state index in [2.05, 4.69) is 30.3 Å². The Morgan fingerprint density at radius 1 is 1.21 bits per heavy atom. The zero-order chi connectivity index (χ0) is 27.2. The average molecular weight is 541 g/mol. The van der Waals surface area contributed by atoms with Crippen molar-refractivity contribution in [2.45, 2.75) is 50.5 Å². The molecular formula is C27H33FN6O5. The summed E-state index contributed by atoms with van der Waals surface area (Å²) in [5, 5.41) is 24.5. The van der Waals surface area contributed by atoms with E-state index in [-0.39, 0.29) is 12.1 Å². The Bertz CT molecular complexity index is 1240. The van der Waals surface area contributed by atoms with Crippen LogP contribution in [0.15, 0.2) is 35.1 Å². The van der Waals surface area contributed by atoms with E-state index in [1.54, 1.807) is 18.5 Å². The third-order valence-corrected chi connectivity index (χ3v) is 7.08. The molecule has 1 aromatic carbocycles. The Hall–Kier alpha value is -3.64. The van der Waals surface area contributed by atoms with Gasteiger partial charge in [0.25, 0.3) is 5.91 Å². The summed E-state index contributed by atoms with van der Waals surface area (Å²) in [5.41, 5.74) is 0.607. The number of amides is 1. The molecule has 1 amide bonds. The number of carbonyl (C=O) groups is 1. The average Bonchev–Trinajstić information content (AvgIpc) is 3.70. The quantitative estimate of drug-likeness (QED) is 0.293. The molecule has 1 saturated heterocycles. The summed E-state index contributed by atoms with van der Waals surface area (Å²) in [6.07, 6.45) is 8.53. The van der Waals surface area contributed by atoms with Crippen molar-refractivity contribution < 1.29 is 28.7 Å². The number of carbonyl (C=O) groups excluding carboxylic acids is 1. The molecule has 3 N–H and O–H groups in total. The Morgan fingerprint density at radius 2 is 1.97 bits per heavy atom. The van der Waals surface area contributed by atoms with E-state index < -0.39 is 24.4 Å². The molecule has 2 aliphatic rings. The first kappa shape index (κ1) is 26.9. The molecule has 1 unspecified atom stereocenters. The van der Waals surface area contributed by atoms with Gasteiger partial charge in [-0.25, -0.2) is 14.4 Å². The number of nitrogens with one attached hydrogen (secondary N) is 1. The van der Waals surface area contributed by atoms with Gasteiger partial charge in [0.2, 0.25) is 17.7 Å². The predicted molar refractivity (Wildman–Crippen MR) is 139 cm³/mol. The lowest BCUT2D eigenvalue weighted by atomic mass is 9.92. The van der Waals surface area contributed by atoms with Gasteiger partial charge < -0.3 is 29.7 Å². The maximum Gasteiger partial charge on any atom is 0.254 e. The minimum absolute atomic E-state index is 0.143. The monoisotopic (exact) mass is 540 g/mol. The number of rotatable bonds is 12. The van der Waals surface area contributed by atoms with Crippen molar-refractivity contribution in [1.29, 1.82) is 0 Å². The van der Waals surface area contributed by atoms with Gasteiger partial charge in [0.05, 0.1) is 30.4 Å². The van der Waals surface area contributed by atoms with Crippen molar-refractivity contribution in [3.05, 3.63) is 47.9 Å². The van der Waals surface area contributed by atoms with Crippen LogP contribution in [-0.2, 0) is 0 Å². The summed E-state index contributed by atoms with van der Waals surface area (Å²) in [6, 6.07) is 4.09. The molecule has 11 nitrogen and oxygen atoms in total. The van der Waals surface area contributed by atoms with Crippen LogP contribution in [0.2, 0.25) is 0 Å². The fourth-order valence-corrected chi connectivity index (χ4v) is 4.57. The fourth-order valence-electron chi connectivity index (χ4n) is 4.57. The van der Waals surface area contributed by atoms with E-state index in [1.807, 2.05) is 0 Å². The zero-order valence-electron chi connectivity index (χ0n) is 21.6. The van der Waals surface area contributed by atoms with Crippen molar-refractivity contribution >= 4 is 11.9 Å². The maximum atomic E-state index is 14.3. The molecule has 0 bridgehead atoms. The minimum Gasteiger partial charge on any atom is -0.493 e. The third-order valence-electron chi connectivity index (χ3n) is 7.08. The first-order chi connectivity index (χ1) is 19.0. The van der Waals surface area contributed by atoms with Crippen LogP contribution in [0, 0.1) is 11.7 Å². The van der Waals surface area contributed by atoms with Crippen LogP contribution < -0.4 is 15.0 Å². The summed E-state index contributed by atoms with van der Waals surface area (Å²) in [6.45, 7) is 1.57. The van der Waals surface area contributed by atoms with E-state index in [1.165, 1.54) is 12.1 Å². The second-order valence-electron chi connectivity index (χ2n) is 10.1. The summed E-state index contributed by atoms with van der Waals surface area (Å²) >= 11 is 0. The number of hydrogen-bond acceptors (Lipinski definition) is 10. The number of ether oxygens (including phenoxy) is 1. The van der Waals surface area contributed by atoms with Crippen LogP contribution in [0.1, 0.15) is 60.7 Å². The highest BCUT2D eigenvalue weighted by molar-refractivity contribution is 5.94. The molecule has 2 fully saturated rings. The van der Waals surface area contributed by atoms with Crippen LogP contribution in [0.4, 0.5) is 10.3 Å². The number of nitrogens with zero attached hydrogens (tertiary/aromatic N) is 5. The van der Waals surface area contributed by atoms with Gasteiger partial charge in [-0.1, -0.05) is 5.16 Å².